The number of aryl methyl sites for hydroxylation is 1. The first-order valence-corrected chi connectivity index (χ1v) is 15.9. The highest BCUT2D eigenvalue weighted by atomic mass is 32.2. The van der Waals surface area contributed by atoms with Gasteiger partial charge in [-0.1, -0.05) is 19.8 Å². The first kappa shape index (κ1) is 30.5. The lowest BCUT2D eigenvalue weighted by molar-refractivity contribution is -0.120. The normalized spacial score (nSPS) is 17.3. The van der Waals surface area contributed by atoms with Crippen LogP contribution in [0.3, 0.4) is 0 Å². The molecule has 230 valence electrons. The Balaban J connectivity index is 1.30. The highest BCUT2D eigenvalue weighted by molar-refractivity contribution is 7.87. The third kappa shape index (κ3) is 6.24. The number of aromatic nitrogens is 4. The number of Topliss-reactive ketones (excluding diaryl/α,β-unsaturated/α-hetero) is 1. The van der Waals surface area contributed by atoms with Gasteiger partial charge in [-0.3, -0.25) is 19.0 Å². The quantitative estimate of drug-likeness (QED) is 0.300. The van der Waals surface area contributed by atoms with Gasteiger partial charge in [-0.2, -0.15) is 17.7 Å². The number of fused-ring (bicyclic) bond motifs is 1. The maximum atomic E-state index is 13.4. The van der Waals surface area contributed by atoms with Gasteiger partial charge in [0.05, 0.1) is 23.5 Å². The first-order valence-electron chi connectivity index (χ1n) is 14.5. The maximum absolute atomic E-state index is 13.4. The number of hydrogen-bond acceptors (Lipinski definition) is 11. The minimum Gasteiger partial charge on any atom is -0.368 e. The van der Waals surface area contributed by atoms with Gasteiger partial charge in [-0.05, 0) is 50.8 Å². The van der Waals surface area contributed by atoms with E-state index in [1.54, 1.807) is 36.9 Å². The van der Waals surface area contributed by atoms with Gasteiger partial charge in [0.15, 0.2) is 5.78 Å². The summed E-state index contributed by atoms with van der Waals surface area (Å²) in [5, 5.41) is 3.77. The molecule has 1 saturated heterocycles. The summed E-state index contributed by atoms with van der Waals surface area (Å²) >= 11 is 0. The minimum absolute atomic E-state index is 0.0190. The summed E-state index contributed by atoms with van der Waals surface area (Å²) in [6.45, 7) is 6.09. The number of rotatable bonds is 9. The van der Waals surface area contributed by atoms with Crippen LogP contribution in [0, 0.1) is 6.92 Å². The van der Waals surface area contributed by atoms with Crippen molar-refractivity contribution in [3.05, 3.63) is 46.0 Å². The fraction of sp³-hybridized carbons (Fsp3) is 0.500. The van der Waals surface area contributed by atoms with Crippen LogP contribution in [-0.4, -0.2) is 76.2 Å². The van der Waals surface area contributed by atoms with Crippen molar-refractivity contribution in [3.63, 3.8) is 0 Å². The van der Waals surface area contributed by atoms with Crippen molar-refractivity contribution in [2.75, 3.05) is 36.4 Å². The van der Waals surface area contributed by atoms with Gasteiger partial charge in [-0.25, -0.2) is 14.7 Å². The monoisotopic (exact) mass is 611 g/mol. The topological polar surface area (TPSA) is 186 Å². The molecule has 4 heterocycles. The largest absolute Gasteiger partial charge is 0.368 e. The number of carbonyl (C=O) groups excluding carboxylic acids is 2. The number of carbonyl (C=O) groups is 2. The van der Waals surface area contributed by atoms with E-state index in [0.717, 1.165) is 31.4 Å². The molecule has 2 aliphatic rings. The molecule has 15 heteroatoms. The van der Waals surface area contributed by atoms with Crippen molar-refractivity contribution in [1.82, 2.24) is 28.5 Å². The number of piperazine rings is 1. The molecular formula is C28H37N9O5S. The number of nitrogens with one attached hydrogen (secondary N) is 2. The third-order valence-corrected chi connectivity index (χ3v) is 9.69. The van der Waals surface area contributed by atoms with Crippen LogP contribution in [-0.2, 0) is 15.0 Å². The second-order valence-corrected chi connectivity index (χ2v) is 12.7. The number of anilines is 3. The van der Waals surface area contributed by atoms with Crippen LogP contribution < -0.4 is 26.2 Å². The molecule has 1 unspecified atom stereocenters. The van der Waals surface area contributed by atoms with E-state index in [1.807, 2.05) is 11.0 Å². The Morgan fingerprint density at radius 1 is 1.09 bits per heavy atom. The van der Waals surface area contributed by atoms with Crippen molar-refractivity contribution in [2.45, 2.75) is 65.0 Å². The molecule has 4 N–H and O–H groups in total. The van der Waals surface area contributed by atoms with Gasteiger partial charge in [0.1, 0.15) is 11.5 Å². The highest BCUT2D eigenvalue weighted by Gasteiger charge is 2.30. The molecule has 5 rings (SSSR count). The average Bonchev–Trinajstić information content (AvgIpc) is 3.51. The standard InChI is InChI=1S/C28H37N9O5S/c1-4-22(29)26(39)34-43(41,42)36-13-11-35(12-14-36)20-9-10-23(30-15-20)32-28-31-16-21-17(2)24(18(3)38)27(40)37(25(21)33-28)19-7-5-6-8-19/h9-10,15-16,19,22H,4-8,11-14,29H2,1-3H3,(H,34,39)(H,30,31,32,33). The Kier molecular flexibility index (Phi) is 8.76. The zero-order valence-corrected chi connectivity index (χ0v) is 25.4. The van der Waals surface area contributed by atoms with Gasteiger partial charge in [-0.15, -0.1) is 0 Å². The lowest BCUT2D eigenvalue weighted by atomic mass is 10.0. The molecule has 2 fully saturated rings. The fourth-order valence-electron chi connectivity index (χ4n) is 5.71. The molecule has 3 aromatic rings. The van der Waals surface area contributed by atoms with Crippen molar-refractivity contribution in [3.8, 4) is 0 Å². The Hall–Kier alpha value is -3.95. The summed E-state index contributed by atoms with van der Waals surface area (Å²) < 4.78 is 30.1. The van der Waals surface area contributed by atoms with Crippen LogP contribution in [0.15, 0.2) is 29.3 Å². The van der Waals surface area contributed by atoms with E-state index in [4.69, 9.17) is 10.7 Å². The molecule has 0 bridgehead atoms. The lowest BCUT2D eigenvalue weighted by Gasteiger charge is -2.35. The van der Waals surface area contributed by atoms with Crippen molar-refractivity contribution >= 4 is 50.4 Å². The summed E-state index contributed by atoms with van der Waals surface area (Å²) in [4.78, 5) is 53.4. The molecular weight excluding hydrogens is 574 g/mol. The van der Waals surface area contributed by atoms with Crippen LogP contribution in [0.1, 0.15) is 67.9 Å². The number of ketones is 1. The predicted molar refractivity (Wildman–Crippen MR) is 163 cm³/mol. The molecule has 1 aliphatic carbocycles. The SMILES string of the molecule is CCC(N)C(=O)NS(=O)(=O)N1CCN(c2ccc(Nc3ncc4c(C)c(C(C)=O)c(=O)n(C5CCCC5)c4n3)nc2)CC1. The van der Waals surface area contributed by atoms with Crippen LogP contribution in [0.4, 0.5) is 17.5 Å². The van der Waals surface area contributed by atoms with Gasteiger partial charge in [0, 0.05) is 43.8 Å². The molecule has 0 aromatic carbocycles. The summed E-state index contributed by atoms with van der Waals surface area (Å²) in [6, 6.07) is 2.73. The first-order chi connectivity index (χ1) is 20.5. The Morgan fingerprint density at radius 3 is 2.40 bits per heavy atom. The van der Waals surface area contributed by atoms with E-state index in [2.05, 4.69) is 20.0 Å². The van der Waals surface area contributed by atoms with Crippen LogP contribution in [0.5, 0.6) is 0 Å². The zero-order chi connectivity index (χ0) is 30.9. The molecule has 1 atom stereocenters. The van der Waals surface area contributed by atoms with E-state index < -0.39 is 22.2 Å². The molecule has 1 amide bonds. The Morgan fingerprint density at radius 2 is 1.79 bits per heavy atom. The second kappa shape index (κ2) is 12.3. The van der Waals surface area contributed by atoms with E-state index in [9.17, 15) is 22.8 Å². The van der Waals surface area contributed by atoms with Crippen molar-refractivity contribution in [1.29, 1.82) is 0 Å². The van der Waals surface area contributed by atoms with Crippen LogP contribution in [0.25, 0.3) is 11.0 Å². The van der Waals surface area contributed by atoms with E-state index in [-0.39, 0.29) is 42.0 Å². The summed E-state index contributed by atoms with van der Waals surface area (Å²) in [5.41, 5.74) is 7.40. The molecule has 1 aliphatic heterocycles. The lowest BCUT2D eigenvalue weighted by Crippen LogP contribution is -2.55. The smallest absolute Gasteiger partial charge is 0.303 e. The van der Waals surface area contributed by atoms with Crippen molar-refractivity contribution in [2.24, 2.45) is 5.73 Å². The summed E-state index contributed by atoms with van der Waals surface area (Å²) in [7, 11) is -3.97. The van der Waals surface area contributed by atoms with Crippen LogP contribution in [0.2, 0.25) is 0 Å². The maximum Gasteiger partial charge on any atom is 0.303 e. The van der Waals surface area contributed by atoms with Crippen molar-refractivity contribution < 1.29 is 18.0 Å². The van der Waals surface area contributed by atoms with Crippen LogP contribution >= 0.6 is 0 Å². The molecule has 14 nitrogen and oxygen atoms in total. The molecule has 0 spiro atoms. The highest BCUT2D eigenvalue weighted by Crippen LogP contribution is 2.32. The summed E-state index contributed by atoms with van der Waals surface area (Å²) in [6.07, 6.45) is 7.39. The molecule has 1 saturated carbocycles. The van der Waals surface area contributed by atoms with E-state index >= 15 is 0 Å². The number of pyridine rings is 2. The number of hydrogen-bond donors (Lipinski definition) is 3. The summed E-state index contributed by atoms with van der Waals surface area (Å²) in [5.74, 6) is -0.219. The van der Waals surface area contributed by atoms with Gasteiger partial charge in [0.2, 0.25) is 5.95 Å². The van der Waals surface area contributed by atoms with Gasteiger partial charge in [0.25, 0.3) is 11.5 Å². The average molecular weight is 612 g/mol. The number of nitrogens with zero attached hydrogens (tertiary/aromatic N) is 6. The van der Waals surface area contributed by atoms with E-state index in [0.29, 0.717) is 41.9 Å². The minimum atomic E-state index is -3.97. The number of amides is 1. The predicted octanol–water partition coefficient (Wildman–Crippen LogP) is 1.78. The fourth-order valence-corrected chi connectivity index (χ4v) is 6.89. The molecule has 3 aromatic heterocycles. The second-order valence-electron chi connectivity index (χ2n) is 11.0. The zero-order valence-electron chi connectivity index (χ0n) is 24.5. The Bertz CT molecular complexity index is 1690. The molecule has 0 radical (unpaired) electrons. The van der Waals surface area contributed by atoms with Gasteiger partial charge < -0.3 is 16.0 Å². The Labute approximate surface area is 249 Å². The number of nitrogens with two attached hydrogens (primary N) is 1. The van der Waals surface area contributed by atoms with Gasteiger partial charge >= 0.3 is 10.2 Å². The van der Waals surface area contributed by atoms with E-state index in [1.165, 1.54) is 11.2 Å². The molecule has 43 heavy (non-hydrogen) atoms. The third-order valence-electron chi connectivity index (χ3n) is 8.19.